The van der Waals surface area contributed by atoms with E-state index in [0.717, 1.165) is 18.4 Å². The monoisotopic (exact) mass is 379 g/mol. The summed E-state index contributed by atoms with van der Waals surface area (Å²) < 4.78 is 46.1. The number of nitrogens with zero attached hydrogens (tertiary/aromatic N) is 3. The Balaban J connectivity index is 1.60. The van der Waals surface area contributed by atoms with Crippen LogP contribution < -0.4 is 4.74 Å². The minimum Gasteiger partial charge on any atom is -0.463 e. The van der Waals surface area contributed by atoms with E-state index >= 15 is 0 Å². The topological polar surface area (TPSA) is 72.4 Å². The summed E-state index contributed by atoms with van der Waals surface area (Å²) >= 11 is 0. The van der Waals surface area contributed by atoms with Gasteiger partial charge in [-0.25, -0.2) is 27.1 Å². The molecule has 1 aromatic carbocycles. The lowest BCUT2D eigenvalue weighted by Gasteiger charge is -2.31. The highest BCUT2D eigenvalue weighted by molar-refractivity contribution is 7.88. The van der Waals surface area contributed by atoms with Crippen molar-refractivity contribution < 1.29 is 17.5 Å². The SMILES string of the molecule is Cc1cnc(OCC2CCCN(S(=O)(=O)Cc3ccccc3F)C2)nc1. The first-order chi connectivity index (χ1) is 12.4. The molecule has 6 nitrogen and oxygen atoms in total. The second-order valence-electron chi connectivity index (χ2n) is 6.57. The van der Waals surface area contributed by atoms with Crippen LogP contribution in [0.3, 0.4) is 0 Å². The summed E-state index contributed by atoms with van der Waals surface area (Å²) in [6.45, 7) is 3.06. The van der Waals surface area contributed by atoms with Gasteiger partial charge in [-0.2, -0.15) is 0 Å². The Labute approximate surface area is 153 Å². The Kier molecular flexibility index (Phi) is 5.83. The van der Waals surface area contributed by atoms with Crippen LogP contribution in [-0.4, -0.2) is 42.4 Å². The normalized spacial score (nSPS) is 18.6. The molecule has 0 bridgehead atoms. The Morgan fingerprint density at radius 1 is 1.27 bits per heavy atom. The number of aryl methyl sites for hydroxylation is 1. The van der Waals surface area contributed by atoms with E-state index in [2.05, 4.69) is 9.97 Å². The van der Waals surface area contributed by atoms with Crippen LogP contribution in [0.2, 0.25) is 0 Å². The first kappa shape index (κ1) is 18.7. The molecule has 140 valence electrons. The van der Waals surface area contributed by atoms with E-state index < -0.39 is 15.8 Å². The quantitative estimate of drug-likeness (QED) is 0.771. The third-order valence-electron chi connectivity index (χ3n) is 4.38. The van der Waals surface area contributed by atoms with E-state index in [9.17, 15) is 12.8 Å². The van der Waals surface area contributed by atoms with Crippen LogP contribution in [0.4, 0.5) is 4.39 Å². The van der Waals surface area contributed by atoms with Crippen molar-refractivity contribution in [1.82, 2.24) is 14.3 Å². The zero-order chi connectivity index (χ0) is 18.6. The first-order valence-corrected chi connectivity index (χ1v) is 10.2. The van der Waals surface area contributed by atoms with Crippen molar-refractivity contribution in [1.29, 1.82) is 0 Å². The van der Waals surface area contributed by atoms with Gasteiger partial charge < -0.3 is 4.74 Å². The fourth-order valence-corrected chi connectivity index (χ4v) is 4.62. The molecule has 0 aliphatic carbocycles. The molecule has 0 amide bonds. The van der Waals surface area contributed by atoms with Crippen LogP contribution in [0.5, 0.6) is 6.01 Å². The lowest BCUT2D eigenvalue weighted by atomic mass is 10.0. The number of benzene rings is 1. The highest BCUT2D eigenvalue weighted by Crippen LogP contribution is 2.22. The number of hydrogen-bond acceptors (Lipinski definition) is 5. The number of sulfonamides is 1. The maximum atomic E-state index is 13.8. The molecular formula is C18H22FN3O3S. The number of ether oxygens (including phenoxy) is 1. The van der Waals surface area contributed by atoms with E-state index in [1.165, 1.54) is 16.4 Å². The number of piperidine rings is 1. The van der Waals surface area contributed by atoms with Gasteiger partial charge in [0.2, 0.25) is 10.0 Å². The van der Waals surface area contributed by atoms with Gasteiger partial charge in [-0.1, -0.05) is 18.2 Å². The van der Waals surface area contributed by atoms with Gasteiger partial charge >= 0.3 is 6.01 Å². The van der Waals surface area contributed by atoms with E-state index in [1.54, 1.807) is 24.5 Å². The Morgan fingerprint density at radius 2 is 2.00 bits per heavy atom. The van der Waals surface area contributed by atoms with Gasteiger partial charge in [0.15, 0.2) is 0 Å². The molecule has 1 aliphatic heterocycles. The van der Waals surface area contributed by atoms with E-state index in [-0.39, 0.29) is 17.2 Å². The Bertz CT molecular complexity index is 843. The van der Waals surface area contributed by atoms with Crippen LogP contribution in [0, 0.1) is 18.7 Å². The van der Waals surface area contributed by atoms with Gasteiger partial charge in [-0.05, 0) is 31.4 Å². The average molecular weight is 379 g/mol. The van der Waals surface area contributed by atoms with E-state index in [0.29, 0.717) is 25.7 Å². The molecule has 0 N–H and O–H groups in total. The molecule has 2 heterocycles. The van der Waals surface area contributed by atoms with Crippen LogP contribution in [0.25, 0.3) is 0 Å². The van der Waals surface area contributed by atoms with Gasteiger partial charge in [-0.15, -0.1) is 0 Å². The predicted octanol–water partition coefficient (Wildman–Crippen LogP) is 2.54. The maximum absolute atomic E-state index is 13.8. The molecule has 26 heavy (non-hydrogen) atoms. The molecule has 8 heteroatoms. The smallest absolute Gasteiger partial charge is 0.316 e. The van der Waals surface area contributed by atoms with Crippen LogP contribution in [-0.2, 0) is 15.8 Å². The summed E-state index contributed by atoms with van der Waals surface area (Å²) in [5.74, 6) is -0.762. The van der Waals surface area contributed by atoms with Gasteiger partial charge in [0, 0.05) is 37.0 Å². The van der Waals surface area contributed by atoms with Crippen LogP contribution in [0.15, 0.2) is 36.7 Å². The van der Waals surface area contributed by atoms with Crippen molar-refractivity contribution in [3.8, 4) is 6.01 Å². The Hall–Kier alpha value is -2.06. The lowest BCUT2D eigenvalue weighted by Crippen LogP contribution is -2.42. The fraction of sp³-hybridized carbons (Fsp3) is 0.444. The summed E-state index contributed by atoms with van der Waals surface area (Å²) in [5, 5.41) is 0. The third kappa shape index (κ3) is 4.76. The molecule has 1 atom stereocenters. The number of rotatable bonds is 6. The third-order valence-corrected chi connectivity index (χ3v) is 6.17. The van der Waals surface area contributed by atoms with Crippen molar-refractivity contribution in [2.45, 2.75) is 25.5 Å². The number of halogens is 1. The van der Waals surface area contributed by atoms with Crippen molar-refractivity contribution in [3.63, 3.8) is 0 Å². The average Bonchev–Trinajstić information content (AvgIpc) is 2.63. The fourth-order valence-electron chi connectivity index (χ4n) is 2.97. The molecule has 1 aromatic heterocycles. The molecule has 3 rings (SSSR count). The highest BCUT2D eigenvalue weighted by Gasteiger charge is 2.30. The summed E-state index contributed by atoms with van der Waals surface area (Å²) in [7, 11) is -3.57. The zero-order valence-electron chi connectivity index (χ0n) is 14.6. The minimum atomic E-state index is -3.57. The van der Waals surface area contributed by atoms with Gasteiger partial charge in [-0.3, -0.25) is 0 Å². The maximum Gasteiger partial charge on any atom is 0.316 e. The largest absolute Gasteiger partial charge is 0.463 e. The van der Waals surface area contributed by atoms with Crippen molar-refractivity contribution >= 4 is 10.0 Å². The molecule has 1 saturated heterocycles. The van der Waals surface area contributed by atoms with Gasteiger partial charge in [0.25, 0.3) is 0 Å². The molecule has 0 radical (unpaired) electrons. The molecular weight excluding hydrogens is 357 g/mol. The molecule has 2 aromatic rings. The summed E-state index contributed by atoms with van der Waals surface area (Å²) in [6, 6.07) is 6.27. The molecule has 1 fully saturated rings. The van der Waals surface area contributed by atoms with Gasteiger partial charge in [0.1, 0.15) is 5.82 Å². The summed E-state index contributed by atoms with van der Waals surface area (Å²) in [6.07, 6.45) is 4.97. The van der Waals surface area contributed by atoms with Gasteiger partial charge in [0.05, 0.1) is 12.4 Å². The van der Waals surface area contributed by atoms with Crippen molar-refractivity contribution in [2.75, 3.05) is 19.7 Å². The van der Waals surface area contributed by atoms with Crippen molar-refractivity contribution in [3.05, 3.63) is 53.6 Å². The number of hydrogen-bond donors (Lipinski definition) is 0. The molecule has 0 saturated carbocycles. The predicted molar refractivity (Wildman–Crippen MR) is 95.6 cm³/mol. The first-order valence-electron chi connectivity index (χ1n) is 8.57. The zero-order valence-corrected chi connectivity index (χ0v) is 15.5. The molecule has 0 spiro atoms. The second kappa shape index (κ2) is 8.09. The van der Waals surface area contributed by atoms with Crippen molar-refractivity contribution in [2.24, 2.45) is 5.92 Å². The lowest BCUT2D eigenvalue weighted by molar-refractivity contribution is 0.171. The minimum absolute atomic E-state index is 0.0593. The summed E-state index contributed by atoms with van der Waals surface area (Å²) in [4.78, 5) is 8.18. The molecule has 1 aliphatic rings. The second-order valence-corrected chi connectivity index (χ2v) is 8.54. The van der Waals surface area contributed by atoms with E-state index in [4.69, 9.17) is 4.74 Å². The van der Waals surface area contributed by atoms with E-state index in [1.807, 2.05) is 6.92 Å². The number of aromatic nitrogens is 2. The molecule has 1 unspecified atom stereocenters. The highest BCUT2D eigenvalue weighted by atomic mass is 32.2. The Morgan fingerprint density at radius 3 is 2.73 bits per heavy atom. The van der Waals surface area contributed by atoms with Crippen LogP contribution in [0.1, 0.15) is 24.0 Å². The summed E-state index contributed by atoms with van der Waals surface area (Å²) in [5.41, 5.74) is 1.14. The van der Waals surface area contributed by atoms with Crippen LogP contribution >= 0.6 is 0 Å². The standard InChI is InChI=1S/C18H22FN3O3S/c1-14-9-20-18(21-10-14)25-12-15-5-4-8-22(11-15)26(23,24)13-16-6-2-3-7-17(16)19/h2-3,6-7,9-10,15H,4-5,8,11-13H2,1H3.